The topological polar surface area (TPSA) is 42.0 Å². The molecule has 3 rings (SSSR count). The molecule has 3 nitrogen and oxygen atoms in total. The van der Waals surface area contributed by atoms with Crippen LogP contribution in [0, 0.1) is 6.92 Å². The number of hydrogen-bond acceptors (Lipinski definition) is 4. The summed E-state index contributed by atoms with van der Waals surface area (Å²) in [6, 6.07) is 14.0. The predicted octanol–water partition coefficient (Wildman–Crippen LogP) is 5.24. The fourth-order valence-corrected chi connectivity index (χ4v) is 4.56. The number of thioether (sulfide) groups is 1. The lowest BCUT2D eigenvalue weighted by molar-refractivity contribution is -0.113. The van der Waals surface area contributed by atoms with Crippen molar-refractivity contribution in [3.63, 3.8) is 0 Å². The van der Waals surface area contributed by atoms with Crippen molar-refractivity contribution < 1.29 is 4.79 Å². The Labute approximate surface area is 151 Å². The van der Waals surface area contributed by atoms with Gasteiger partial charge in [-0.05, 0) is 52.7 Å². The van der Waals surface area contributed by atoms with Gasteiger partial charge in [-0.25, -0.2) is 4.98 Å². The van der Waals surface area contributed by atoms with E-state index in [1.165, 1.54) is 4.70 Å². The Morgan fingerprint density at radius 3 is 2.91 bits per heavy atom. The summed E-state index contributed by atoms with van der Waals surface area (Å²) >= 11 is 6.73. The van der Waals surface area contributed by atoms with Gasteiger partial charge in [-0.3, -0.25) is 4.79 Å². The van der Waals surface area contributed by atoms with E-state index in [9.17, 15) is 4.79 Å². The van der Waals surface area contributed by atoms with Gasteiger partial charge in [0.15, 0.2) is 0 Å². The molecule has 23 heavy (non-hydrogen) atoms. The minimum absolute atomic E-state index is 0.000615. The maximum atomic E-state index is 12.0. The number of nitrogens with zero attached hydrogens (tertiary/aromatic N) is 1. The number of benzene rings is 2. The predicted molar refractivity (Wildman–Crippen MR) is 103 cm³/mol. The second-order valence-corrected chi connectivity index (χ2v) is 8.05. The third-order valence-electron chi connectivity index (χ3n) is 3.20. The maximum absolute atomic E-state index is 12.0. The molecule has 0 aliphatic heterocycles. The van der Waals surface area contributed by atoms with Crippen LogP contribution in [0.3, 0.4) is 0 Å². The van der Waals surface area contributed by atoms with Crippen molar-refractivity contribution in [2.24, 2.45) is 0 Å². The van der Waals surface area contributed by atoms with Gasteiger partial charge in [0, 0.05) is 10.2 Å². The number of carbonyl (C=O) groups excluding carboxylic acids is 1. The number of rotatable bonds is 5. The average molecular weight is 407 g/mol. The number of anilines is 1. The van der Waals surface area contributed by atoms with Crippen LogP contribution in [0.2, 0.25) is 0 Å². The molecule has 0 atom stereocenters. The molecule has 2 aromatic carbocycles. The molecule has 0 saturated carbocycles. The van der Waals surface area contributed by atoms with Crippen LogP contribution in [-0.2, 0) is 10.5 Å². The van der Waals surface area contributed by atoms with E-state index in [-0.39, 0.29) is 5.91 Å². The number of hydrogen-bond donors (Lipinski definition) is 1. The first-order valence-electron chi connectivity index (χ1n) is 7.10. The van der Waals surface area contributed by atoms with E-state index < -0.39 is 0 Å². The Morgan fingerprint density at radius 2 is 2.13 bits per heavy atom. The van der Waals surface area contributed by atoms with Crippen LogP contribution in [0.25, 0.3) is 10.2 Å². The lowest BCUT2D eigenvalue weighted by atomic mass is 10.2. The Kier molecular flexibility index (Phi) is 5.35. The van der Waals surface area contributed by atoms with Crippen LogP contribution in [0.15, 0.2) is 46.9 Å². The first kappa shape index (κ1) is 16.5. The van der Waals surface area contributed by atoms with E-state index in [0.29, 0.717) is 5.75 Å². The second kappa shape index (κ2) is 7.47. The molecule has 118 valence electrons. The minimum Gasteiger partial charge on any atom is -0.324 e. The molecule has 1 N–H and O–H groups in total. The highest BCUT2D eigenvalue weighted by molar-refractivity contribution is 9.10. The van der Waals surface area contributed by atoms with E-state index in [2.05, 4.69) is 32.3 Å². The molecular weight excluding hydrogens is 392 g/mol. The number of aromatic nitrogens is 1. The van der Waals surface area contributed by atoms with Gasteiger partial charge in [0.25, 0.3) is 0 Å². The summed E-state index contributed by atoms with van der Waals surface area (Å²) < 4.78 is 2.10. The largest absolute Gasteiger partial charge is 0.324 e. The molecule has 0 bridgehead atoms. The molecular formula is C17H15BrN2OS2. The van der Waals surface area contributed by atoms with Crippen molar-refractivity contribution >= 4 is 60.8 Å². The highest BCUT2D eigenvalue weighted by Crippen LogP contribution is 2.26. The normalized spacial score (nSPS) is 10.9. The molecule has 0 spiro atoms. The Balaban J connectivity index is 1.52. The fourth-order valence-electron chi connectivity index (χ4n) is 2.12. The van der Waals surface area contributed by atoms with Crippen LogP contribution in [0.5, 0.6) is 0 Å². The van der Waals surface area contributed by atoms with Gasteiger partial charge in [-0.1, -0.05) is 18.2 Å². The summed E-state index contributed by atoms with van der Waals surface area (Å²) in [7, 11) is 0. The van der Waals surface area contributed by atoms with Crippen molar-refractivity contribution in [3.8, 4) is 0 Å². The number of para-hydroxylation sites is 1. The lowest BCUT2D eigenvalue weighted by Crippen LogP contribution is -2.14. The summed E-state index contributed by atoms with van der Waals surface area (Å²) in [6.45, 7) is 2.02. The van der Waals surface area contributed by atoms with Crippen LogP contribution >= 0.6 is 39.0 Å². The molecule has 0 aliphatic rings. The summed E-state index contributed by atoms with van der Waals surface area (Å²) in [6.07, 6.45) is 0. The van der Waals surface area contributed by atoms with Crippen LogP contribution in [-0.4, -0.2) is 16.6 Å². The van der Waals surface area contributed by atoms with Gasteiger partial charge >= 0.3 is 0 Å². The van der Waals surface area contributed by atoms with Crippen molar-refractivity contribution in [2.75, 3.05) is 11.1 Å². The summed E-state index contributed by atoms with van der Waals surface area (Å²) in [5.41, 5.74) is 2.99. The number of fused-ring (bicyclic) bond motifs is 1. The first-order chi connectivity index (χ1) is 11.1. The van der Waals surface area contributed by atoms with Crippen molar-refractivity contribution in [1.29, 1.82) is 0 Å². The molecule has 3 aromatic rings. The highest BCUT2D eigenvalue weighted by atomic mass is 79.9. The van der Waals surface area contributed by atoms with E-state index in [4.69, 9.17) is 0 Å². The minimum atomic E-state index is 0.000615. The number of aryl methyl sites for hydroxylation is 1. The van der Waals surface area contributed by atoms with Gasteiger partial charge in [0.1, 0.15) is 5.01 Å². The summed E-state index contributed by atoms with van der Waals surface area (Å²) in [4.78, 5) is 16.6. The van der Waals surface area contributed by atoms with E-state index >= 15 is 0 Å². The van der Waals surface area contributed by atoms with E-state index in [1.54, 1.807) is 23.1 Å². The van der Waals surface area contributed by atoms with E-state index in [1.807, 2.05) is 43.3 Å². The Hall–Kier alpha value is -1.37. The molecule has 1 amide bonds. The zero-order valence-corrected chi connectivity index (χ0v) is 15.7. The molecule has 0 aliphatic carbocycles. The fraction of sp³-hybridized carbons (Fsp3) is 0.176. The SMILES string of the molecule is Cc1ccc(NC(=O)CSCc2nc3ccccc3s2)c(Br)c1. The maximum Gasteiger partial charge on any atom is 0.234 e. The van der Waals surface area contributed by atoms with Crippen molar-refractivity contribution in [3.05, 3.63) is 57.5 Å². The monoisotopic (exact) mass is 406 g/mol. The quantitative estimate of drug-likeness (QED) is 0.629. The first-order valence-corrected chi connectivity index (χ1v) is 9.86. The van der Waals surface area contributed by atoms with Gasteiger partial charge in [0.2, 0.25) is 5.91 Å². The highest BCUT2D eigenvalue weighted by Gasteiger charge is 2.08. The molecule has 1 aromatic heterocycles. The molecule has 0 radical (unpaired) electrons. The molecule has 0 saturated heterocycles. The Bertz CT molecular complexity index is 814. The molecule has 6 heteroatoms. The van der Waals surface area contributed by atoms with Crippen LogP contribution < -0.4 is 5.32 Å². The average Bonchev–Trinajstić information content (AvgIpc) is 2.93. The third-order valence-corrected chi connectivity index (χ3v) is 6.01. The molecule has 1 heterocycles. The van der Waals surface area contributed by atoms with Crippen molar-refractivity contribution in [2.45, 2.75) is 12.7 Å². The summed E-state index contributed by atoms with van der Waals surface area (Å²) in [5, 5.41) is 3.98. The second-order valence-electron chi connectivity index (χ2n) is 5.10. The number of nitrogens with one attached hydrogen (secondary N) is 1. The van der Waals surface area contributed by atoms with Gasteiger partial charge in [-0.15, -0.1) is 23.1 Å². The molecule has 0 fully saturated rings. The van der Waals surface area contributed by atoms with Crippen LogP contribution in [0.1, 0.15) is 10.6 Å². The zero-order valence-electron chi connectivity index (χ0n) is 12.5. The standard InChI is InChI=1S/C17H15BrN2OS2/c1-11-6-7-13(12(18)8-11)19-16(21)9-22-10-17-20-14-4-2-3-5-15(14)23-17/h2-8H,9-10H2,1H3,(H,19,21). The number of carbonyl (C=O) groups is 1. The Morgan fingerprint density at radius 1 is 1.30 bits per heavy atom. The van der Waals surface area contributed by atoms with Crippen LogP contribution in [0.4, 0.5) is 5.69 Å². The lowest BCUT2D eigenvalue weighted by Gasteiger charge is -2.07. The molecule has 0 unspecified atom stereocenters. The van der Waals surface area contributed by atoms with Gasteiger partial charge in [0.05, 0.1) is 21.7 Å². The third kappa shape index (κ3) is 4.34. The smallest absolute Gasteiger partial charge is 0.234 e. The van der Waals surface area contributed by atoms with Gasteiger partial charge in [-0.2, -0.15) is 0 Å². The van der Waals surface area contributed by atoms with E-state index in [0.717, 1.165) is 32.0 Å². The zero-order chi connectivity index (χ0) is 16.2. The number of halogens is 1. The van der Waals surface area contributed by atoms with Gasteiger partial charge < -0.3 is 5.32 Å². The van der Waals surface area contributed by atoms with Crippen molar-refractivity contribution in [1.82, 2.24) is 4.98 Å². The number of amides is 1. The summed E-state index contributed by atoms with van der Waals surface area (Å²) in [5.74, 6) is 1.17. The number of thiazole rings is 1.